The number of carbonyl (C=O) groups is 1. The van der Waals surface area contributed by atoms with Crippen molar-refractivity contribution in [3.63, 3.8) is 0 Å². The van der Waals surface area contributed by atoms with E-state index in [1.165, 1.54) is 11.9 Å². The number of fused-ring (bicyclic) bond motifs is 3. The van der Waals surface area contributed by atoms with Crippen molar-refractivity contribution < 1.29 is 28.5 Å². The number of aromatic nitrogens is 5. The zero-order valence-corrected chi connectivity index (χ0v) is 28.1. The van der Waals surface area contributed by atoms with E-state index in [1.54, 1.807) is 0 Å². The monoisotopic (exact) mass is 671 g/mol. The summed E-state index contributed by atoms with van der Waals surface area (Å²) in [6.45, 7) is 8.95. The number of hydrogen-bond donors (Lipinski definition) is 1. The number of benzene rings is 1. The molecule has 1 aromatic carbocycles. The number of allylic oxidation sites excluding steroid dienone is 1. The molecule has 0 radical (unpaired) electrons. The van der Waals surface area contributed by atoms with Crippen molar-refractivity contribution >= 4 is 28.8 Å². The molecule has 0 bridgehead atoms. The predicted molar refractivity (Wildman–Crippen MR) is 185 cm³/mol. The summed E-state index contributed by atoms with van der Waals surface area (Å²) in [5.74, 6) is 0.487. The van der Waals surface area contributed by atoms with Crippen molar-refractivity contribution in [2.75, 3.05) is 78.3 Å². The van der Waals surface area contributed by atoms with E-state index < -0.39 is 0 Å². The Hall–Kier alpha value is -4.27. The fraction of sp³-hybridized carbons (Fsp3) is 0.472. The van der Waals surface area contributed by atoms with Gasteiger partial charge in [-0.1, -0.05) is 30.4 Å². The first-order valence-corrected chi connectivity index (χ1v) is 17.0. The molecular weight excluding hydrogens is 626 g/mol. The first-order valence-electron chi connectivity index (χ1n) is 17.0. The number of anilines is 1. The van der Waals surface area contributed by atoms with Gasteiger partial charge in [-0.05, 0) is 41.7 Å². The number of pyridine rings is 1. The molecule has 13 nitrogen and oxygen atoms in total. The predicted octanol–water partition coefficient (Wildman–Crippen LogP) is 3.47. The summed E-state index contributed by atoms with van der Waals surface area (Å²) in [6.07, 6.45) is 9.50. The first kappa shape index (κ1) is 34.6. The fourth-order valence-electron chi connectivity index (χ4n) is 6.03. The van der Waals surface area contributed by atoms with Crippen molar-refractivity contribution in [3.8, 4) is 11.3 Å². The van der Waals surface area contributed by atoms with Crippen LogP contribution in [0.3, 0.4) is 0 Å². The van der Waals surface area contributed by atoms with Gasteiger partial charge in [-0.25, -0.2) is 14.6 Å². The molecule has 6 rings (SSSR count). The van der Waals surface area contributed by atoms with Gasteiger partial charge in [0.15, 0.2) is 5.65 Å². The molecule has 2 N–H and O–H groups in total. The van der Waals surface area contributed by atoms with Crippen LogP contribution in [0.15, 0.2) is 42.9 Å². The molecule has 0 saturated heterocycles. The van der Waals surface area contributed by atoms with E-state index >= 15 is 0 Å². The summed E-state index contributed by atoms with van der Waals surface area (Å²) in [7, 11) is 0. The van der Waals surface area contributed by atoms with E-state index in [2.05, 4.69) is 51.4 Å². The molecule has 0 atom stereocenters. The Bertz CT molecular complexity index is 1740. The van der Waals surface area contributed by atoms with Crippen LogP contribution in [0.25, 0.3) is 28.4 Å². The molecule has 1 aliphatic heterocycles. The molecule has 260 valence electrons. The standard InChI is InChI=1S/C36H45N7O6/c1-2-45-12-13-47-16-17-49-19-18-48-15-14-46-11-9-32(44)42-10-8-27-20-26(6-7-29(27)24-42)23-43-36-33(35(37)39-25-40-36)34(41-43)30-21-28-4-3-5-31(28)38-22-30/h3-4,6-7,20-22,25H,2,5,8-19,23-24H2,1H3,(H2,37,39,40). The van der Waals surface area contributed by atoms with Crippen molar-refractivity contribution in [2.24, 2.45) is 0 Å². The lowest BCUT2D eigenvalue weighted by molar-refractivity contribution is -0.133. The van der Waals surface area contributed by atoms with Crippen LogP contribution in [0.5, 0.6) is 0 Å². The lowest BCUT2D eigenvalue weighted by Crippen LogP contribution is -2.36. The van der Waals surface area contributed by atoms with Gasteiger partial charge in [0.25, 0.3) is 0 Å². The molecule has 0 spiro atoms. The largest absolute Gasteiger partial charge is 0.383 e. The van der Waals surface area contributed by atoms with Crippen molar-refractivity contribution in [1.29, 1.82) is 0 Å². The second-order valence-electron chi connectivity index (χ2n) is 11.9. The number of rotatable bonds is 19. The Kier molecular flexibility index (Phi) is 12.3. The normalized spacial score (nSPS) is 13.7. The number of nitrogens with two attached hydrogens (primary N) is 1. The summed E-state index contributed by atoms with van der Waals surface area (Å²) in [5.41, 5.74) is 14.3. The van der Waals surface area contributed by atoms with Gasteiger partial charge in [-0.2, -0.15) is 5.10 Å². The number of nitrogens with zero attached hydrogens (tertiary/aromatic N) is 6. The van der Waals surface area contributed by atoms with E-state index in [4.69, 9.17) is 34.5 Å². The highest BCUT2D eigenvalue weighted by Gasteiger charge is 2.22. The van der Waals surface area contributed by atoms with Gasteiger partial charge < -0.3 is 34.3 Å². The number of amides is 1. The lowest BCUT2D eigenvalue weighted by Gasteiger charge is -2.29. The van der Waals surface area contributed by atoms with Gasteiger partial charge in [0, 0.05) is 37.9 Å². The third-order valence-corrected chi connectivity index (χ3v) is 8.56. The van der Waals surface area contributed by atoms with Crippen molar-refractivity contribution in [2.45, 2.75) is 39.3 Å². The van der Waals surface area contributed by atoms with Crippen LogP contribution in [0, 0.1) is 0 Å². The average molecular weight is 672 g/mol. The Labute approximate surface area is 286 Å². The van der Waals surface area contributed by atoms with Crippen LogP contribution < -0.4 is 5.73 Å². The molecule has 0 unspecified atom stereocenters. The zero-order valence-electron chi connectivity index (χ0n) is 28.1. The van der Waals surface area contributed by atoms with Crippen molar-refractivity contribution in [3.05, 3.63) is 70.8 Å². The summed E-state index contributed by atoms with van der Waals surface area (Å²) >= 11 is 0. The Morgan fingerprint density at radius 3 is 2.37 bits per heavy atom. The maximum atomic E-state index is 12.9. The maximum Gasteiger partial charge on any atom is 0.225 e. The minimum atomic E-state index is 0.0943. The molecule has 4 heterocycles. The van der Waals surface area contributed by atoms with Gasteiger partial charge in [0.05, 0.1) is 83.5 Å². The highest BCUT2D eigenvalue weighted by molar-refractivity contribution is 5.98. The Morgan fingerprint density at radius 2 is 1.61 bits per heavy atom. The van der Waals surface area contributed by atoms with E-state index in [9.17, 15) is 4.79 Å². The second-order valence-corrected chi connectivity index (χ2v) is 11.9. The van der Waals surface area contributed by atoms with Gasteiger partial charge >= 0.3 is 0 Å². The Morgan fingerprint density at radius 1 is 0.878 bits per heavy atom. The molecule has 1 aliphatic carbocycles. The summed E-state index contributed by atoms with van der Waals surface area (Å²) in [6, 6.07) is 8.52. The smallest absolute Gasteiger partial charge is 0.225 e. The van der Waals surface area contributed by atoms with E-state index in [1.807, 2.05) is 22.7 Å². The summed E-state index contributed by atoms with van der Waals surface area (Å²) in [4.78, 5) is 28.3. The number of nitrogen functional groups attached to an aromatic ring is 1. The molecule has 3 aromatic heterocycles. The van der Waals surface area contributed by atoms with Gasteiger partial charge in [0.2, 0.25) is 5.91 Å². The van der Waals surface area contributed by atoms with Crippen molar-refractivity contribution in [1.82, 2.24) is 29.6 Å². The topological polar surface area (TPSA) is 149 Å². The molecule has 2 aliphatic rings. The SMILES string of the molecule is CCOCCOCCOCCOCCOCCC(=O)N1CCc2cc(Cn3nc(-c4cnc5c(c4)C=CC5)c4c(N)ncnc43)ccc2C1. The number of carbonyl (C=O) groups excluding carboxylic acids is 1. The molecule has 4 aromatic rings. The maximum absolute atomic E-state index is 12.9. The second kappa shape index (κ2) is 17.4. The summed E-state index contributed by atoms with van der Waals surface area (Å²) in [5, 5.41) is 5.68. The minimum Gasteiger partial charge on any atom is -0.383 e. The van der Waals surface area contributed by atoms with E-state index in [0.717, 1.165) is 51.9 Å². The Balaban J connectivity index is 0.936. The van der Waals surface area contributed by atoms with Gasteiger partial charge in [-0.15, -0.1) is 0 Å². The van der Waals surface area contributed by atoms with Gasteiger partial charge in [0.1, 0.15) is 17.8 Å². The highest BCUT2D eigenvalue weighted by Crippen LogP contribution is 2.32. The van der Waals surface area contributed by atoms with Crippen LogP contribution in [-0.2, 0) is 54.4 Å². The molecule has 49 heavy (non-hydrogen) atoms. The molecule has 0 saturated carbocycles. The third-order valence-electron chi connectivity index (χ3n) is 8.56. The van der Waals surface area contributed by atoms with Crippen LogP contribution >= 0.6 is 0 Å². The number of hydrogen-bond acceptors (Lipinski definition) is 11. The molecule has 13 heteroatoms. The van der Waals surface area contributed by atoms with Gasteiger partial charge in [-0.3, -0.25) is 9.78 Å². The molecule has 0 fully saturated rings. The third kappa shape index (κ3) is 9.05. The van der Waals surface area contributed by atoms with Crippen LogP contribution in [-0.4, -0.2) is 108 Å². The quantitative estimate of drug-likeness (QED) is 0.146. The summed E-state index contributed by atoms with van der Waals surface area (Å²) < 4.78 is 29.1. The molecule has 1 amide bonds. The average Bonchev–Trinajstić information content (AvgIpc) is 3.75. The minimum absolute atomic E-state index is 0.0943. The van der Waals surface area contributed by atoms with Crippen LogP contribution in [0.4, 0.5) is 5.82 Å². The molecular formula is C36H45N7O6. The lowest BCUT2D eigenvalue weighted by atomic mass is 9.97. The van der Waals surface area contributed by atoms with E-state index in [-0.39, 0.29) is 5.91 Å². The van der Waals surface area contributed by atoms with Crippen LogP contribution in [0.2, 0.25) is 0 Å². The van der Waals surface area contributed by atoms with E-state index in [0.29, 0.717) is 104 Å². The fourth-order valence-corrected chi connectivity index (χ4v) is 6.03. The van der Waals surface area contributed by atoms with Crippen LogP contribution in [0.1, 0.15) is 41.3 Å². The first-order chi connectivity index (χ1) is 24.1. The zero-order chi connectivity index (χ0) is 33.8. The number of ether oxygens (including phenoxy) is 5. The highest BCUT2D eigenvalue weighted by atomic mass is 16.6.